The number of rotatable bonds is 6. The molecule has 1 aromatic heterocycles. The Labute approximate surface area is 378 Å². The first-order valence-electron chi connectivity index (χ1n) is 22.7. The molecule has 0 bridgehead atoms. The van der Waals surface area contributed by atoms with Gasteiger partial charge in [0.1, 0.15) is 0 Å². The third-order valence-electron chi connectivity index (χ3n) is 14.2. The van der Waals surface area contributed by atoms with Gasteiger partial charge in [0.15, 0.2) is 0 Å². The summed E-state index contributed by atoms with van der Waals surface area (Å²) < 4.78 is 2.40. The van der Waals surface area contributed by atoms with Crippen LogP contribution < -0.4 is 4.90 Å². The summed E-state index contributed by atoms with van der Waals surface area (Å²) in [6.45, 7) is 4.73. The maximum absolute atomic E-state index is 2.45. The molecule has 0 saturated heterocycles. The summed E-state index contributed by atoms with van der Waals surface area (Å²) in [4.78, 5) is 2.45. The third kappa shape index (κ3) is 5.81. The van der Waals surface area contributed by atoms with E-state index in [2.05, 4.69) is 254 Å². The van der Waals surface area contributed by atoms with E-state index in [0.29, 0.717) is 0 Å². The van der Waals surface area contributed by atoms with Crippen molar-refractivity contribution in [3.05, 3.63) is 242 Å². The van der Waals surface area contributed by atoms with Gasteiger partial charge in [0.2, 0.25) is 0 Å². The number of hydrogen-bond donors (Lipinski definition) is 0. The average molecular weight is 829 g/mol. The van der Waals surface area contributed by atoms with Gasteiger partial charge in [-0.3, -0.25) is 0 Å². The molecular formula is C63H44N2. The van der Waals surface area contributed by atoms with Crippen molar-refractivity contribution >= 4 is 71.2 Å². The zero-order chi connectivity index (χ0) is 43.2. The Bertz CT molecular complexity index is 3800. The molecule has 0 fully saturated rings. The van der Waals surface area contributed by atoms with Gasteiger partial charge >= 0.3 is 0 Å². The Balaban J connectivity index is 0.973. The van der Waals surface area contributed by atoms with Gasteiger partial charge in [-0.2, -0.15) is 0 Å². The van der Waals surface area contributed by atoms with Crippen LogP contribution in [-0.4, -0.2) is 4.57 Å². The zero-order valence-electron chi connectivity index (χ0n) is 36.3. The van der Waals surface area contributed by atoms with Crippen LogP contribution in [0.5, 0.6) is 0 Å². The summed E-state index contributed by atoms with van der Waals surface area (Å²) in [6, 6.07) is 85.2. The summed E-state index contributed by atoms with van der Waals surface area (Å²) in [5.74, 6) is 0. The SMILES string of the molecule is CC1(C)c2ccccc2-c2ccc(N(c3ccc(-c4ccc5c(c4)c4cc(-c6ccccc6)ccc4n5-c4ccccc4)cc3)c3ccc4c5ccccc5c5ccccc5c4c3)cc21. The second kappa shape index (κ2) is 14.4. The second-order valence-electron chi connectivity index (χ2n) is 18.1. The van der Waals surface area contributed by atoms with Crippen molar-refractivity contribution in [3.63, 3.8) is 0 Å². The molecule has 12 aromatic rings. The van der Waals surface area contributed by atoms with Crippen molar-refractivity contribution in [3.8, 4) is 39.1 Å². The molecule has 1 aliphatic rings. The van der Waals surface area contributed by atoms with Crippen molar-refractivity contribution in [2.75, 3.05) is 4.90 Å². The highest BCUT2D eigenvalue weighted by molar-refractivity contribution is 6.26. The van der Waals surface area contributed by atoms with E-state index >= 15 is 0 Å². The first-order valence-corrected chi connectivity index (χ1v) is 22.7. The Kier molecular flexibility index (Phi) is 8.29. The fraction of sp³-hybridized carbons (Fsp3) is 0.0476. The number of nitrogens with zero attached hydrogens (tertiary/aromatic N) is 2. The van der Waals surface area contributed by atoms with E-state index in [1.807, 2.05) is 0 Å². The van der Waals surface area contributed by atoms with E-state index in [9.17, 15) is 0 Å². The van der Waals surface area contributed by atoms with Gasteiger partial charge in [0, 0.05) is 38.9 Å². The Hall–Kier alpha value is -8.20. The number of anilines is 3. The number of aromatic nitrogens is 1. The normalized spacial score (nSPS) is 12.9. The largest absolute Gasteiger partial charge is 0.310 e. The standard InChI is InChI=1S/C63H44N2/c1-63(2)59-24-14-13-23-54(59)55-34-32-48(40-60(55)63)64(47-31-33-53-51-21-10-9-19-49(51)50-20-11-12-22-52(50)56(53)39-47)46-29-25-42(26-30-46)44-28-36-62-58(38-44)57-37-43(41-15-5-3-6-16-41)27-35-61(57)65(62)45-17-7-4-8-18-45/h3-40H,1-2H3. The van der Waals surface area contributed by atoms with Crippen LogP contribution in [-0.2, 0) is 5.41 Å². The number of benzene rings is 11. The van der Waals surface area contributed by atoms with E-state index in [4.69, 9.17) is 0 Å². The molecule has 0 atom stereocenters. The van der Waals surface area contributed by atoms with E-state index < -0.39 is 0 Å². The van der Waals surface area contributed by atoms with E-state index in [1.54, 1.807) is 0 Å². The summed E-state index contributed by atoms with van der Waals surface area (Å²) in [5.41, 5.74) is 17.0. The highest BCUT2D eigenvalue weighted by Gasteiger charge is 2.35. The minimum absolute atomic E-state index is 0.125. The molecule has 0 amide bonds. The lowest BCUT2D eigenvalue weighted by Gasteiger charge is -2.28. The van der Waals surface area contributed by atoms with Crippen LogP contribution >= 0.6 is 0 Å². The number of fused-ring (bicyclic) bond motifs is 12. The average Bonchev–Trinajstić information content (AvgIpc) is 3.82. The first kappa shape index (κ1) is 37.4. The molecule has 0 saturated carbocycles. The van der Waals surface area contributed by atoms with Crippen LogP contribution in [0.3, 0.4) is 0 Å². The van der Waals surface area contributed by atoms with E-state index in [-0.39, 0.29) is 5.41 Å². The maximum atomic E-state index is 2.45. The summed E-state index contributed by atoms with van der Waals surface area (Å²) in [5, 5.41) is 10.1. The quantitative estimate of drug-likeness (QED) is 0.152. The topological polar surface area (TPSA) is 8.17 Å². The Morgan fingerprint density at radius 3 is 1.42 bits per heavy atom. The van der Waals surface area contributed by atoms with Crippen LogP contribution in [0.1, 0.15) is 25.0 Å². The summed E-state index contributed by atoms with van der Waals surface area (Å²) >= 11 is 0. The lowest BCUT2D eigenvalue weighted by atomic mass is 9.82. The van der Waals surface area contributed by atoms with Crippen molar-refractivity contribution in [2.24, 2.45) is 0 Å². The van der Waals surface area contributed by atoms with Gasteiger partial charge in [-0.1, -0.05) is 172 Å². The molecule has 0 spiro atoms. The van der Waals surface area contributed by atoms with Crippen LogP contribution in [0.2, 0.25) is 0 Å². The van der Waals surface area contributed by atoms with Crippen molar-refractivity contribution in [1.82, 2.24) is 4.57 Å². The molecule has 11 aromatic carbocycles. The first-order chi connectivity index (χ1) is 32.0. The molecule has 0 unspecified atom stereocenters. The van der Waals surface area contributed by atoms with Gasteiger partial charge in [0.25, 0.3) is 0 Å². The van der Waals surface area contributed by atoms with Gasteiger partial charge in [0.05, 0.1) is 11.0 Å². The molecule has 1 aliphatic carbocycles. The van der Waals surface area contributed by atoms with E-state index in [0.717, 1.165) is 22.7 Å². The van der Waals surface area contributed by atoms with Crippen LogP contribution in [0.4, 0.5) is 17.1 Å². The lowest BCUT2D eigenvalue weighted by molar-refractivity contribution is 0.660. The van der Waals surface area contributed by atoms with E-state index in [1.165, 1.54) is 98.6 Å². The maximum Gasteiger partial charge on any atom is 0.0541 e. The summed E-state index contributed by atoms with van der Waals surface area (Å²) in [7, 11) is 0. The van der Waals surface area contributed by atoms with Crippen LogP contribution in [0.15, 0.2) is 231 Å². The fourth-order valence-electron chi connectivity index (χ4n) is 11.0. The number of hydrogen-bond acceptors (Lipinski definition) is 1. The van der Waals surface area contributed by atoms with Gasteiger partial charge in [-0.25, -0.2) is 0 Å². The molecular weight excluding hydrogens is 785 g/mol. The molecule has 2 heteroatoms. The second-order valence-corrected chi connectivity index (χ2v) is 18.1. The summed E-state index contributed by atoms with van der Waals surface area (Å²) in [6.07, 6.45) is 0. The van der Waals surface area contributed by atoms with Crippen molar-refractivity contribution < 1.29 is 0 Å². The molecule has 13 rings (SSSR count). The number of para-hydroxylation sites is 1. The van der Waals surface area contributed by atoms with Crippen molar-refractivity contribution in [1.29, 1.82) is 0 Å². The van der Waals surface area contributed by atoms with Gasteiger partial charge in [-0.05, 0) is 150 Å². The Morgan fingerprint density at radius 2 is 0.769 bits per heavy atom. The minimum atomic E-state index is -0.125. The molecule has 2 nitrogen and oxygen atoms in total. The van der Waals surface area contributed by atoms with Gasteiger partial charge < -0.3 is 9.47 Å². The molecule has 1 heterocycles. The monoisotopic (exact) mass is 828 g/mol. The minimum Gasteiger partial charge on any atom is -0.310 e. The molecule has 0 aliphatic heterocycles. The smallest absolute Gasteiger partial charge is 0.0541 e. The molecule has 65 heavy (non-hydrogen) atoms. The van der Waals surface area contributed by atoms with Gasteiger partial charge in [-0.15, -0.1) is 0 Å². The fourth-order valence-corrected chi connectivity index (χ4v) is 11.0. The van der Waals surface area contributed by atoms with Crippen LogP contribution in [0.25, 0.3) is 93.2 Å². The van der Waals surface area contributed by atoms with Crippen molar-refractivity contribution in [2.45, 2.75) is 19.3 Å². The highest BCUT2D eigenvalue weighted by Crippen LogP contribution is 2.51. The zero-order valence-corrected chi connectivity index (χ0v) is 36.3. The highest BCUT2D eigenvalue weighted by atomic mass is 15.1. The molecule has 0 N–H and O–H groups in total. The van der Waals surface area contributed by atoms with Crippen LogP contribution in [0, 0.1) is 0 Å². The third-order valence-corrected chi connectivity index (χ3v) is 14.2. The molecule has 306 valence electrons. The predicted molar refractivity (Wildman–Crippen MR) is 276 cm³/mol. The lowest BCUT2D eigenvalue weighted by Crippen LogP contribution is -2.16. The Morgan fingerprint density at radius 1 is 0.308 bits per heavy atom. The predicted octanol–water partition coefficient (Wildman–Crippen LogP) is 17.4. The molecule has 0 radical (unpaired) electrons.